The molecular formula is C70H62. The highest BCUT2D eigenvalue weighted by Gasteiger charge is 2.42. The van der Waals surface area contributed by atoms with Crippen LogP contribution in [0, 0.1) is 0 Å². The zero-order valence-corrected chi connectivity index (χ0v) is 41.1. The van der Waals surface area contributed by atoms with E-state index in [2.05, 4.69) is 270 Å². The van der Waals surface area contributed by atoms with Crippen molar-refractivity contribution in [3.05, 3.63) is 296 Å². The minimum Gasteiger partial charge on any atom is -0.0642 e. The molecule has 70 heavy (non-hydrogen) atoms. The van der Waals surface area contributed by atoms with Gasteiger partial charge in [-0.15, -0.1) is 0 Å². The zero-order chi connectivity index (χ0) is 47.7. The van der Waals surface area contributed by atoms with E-state index in [1.807, 2.05) is 0 Å². The molecule has 9 aromatic rings. The predicted molar refractivity (Wildman–Crippen MR) is 298 cm³/mol. The van der Waals surface area contributed by atoms with E-state index in [9.17, 15) is 0 Å². The molecule has 0 saturated carbocycles. The van der Waals surface area contributed by atoms with Gasteiger partial charge in [0, 0.05) is 22.7 Å². The molecular weight excluding hydrogens is 841 g/mol. The molecule has 0 N–H and O–H groups in total. The van der Waals surface area contributed by atoms with Crippen molar-refractivity contribution in [1.29, 1.82) is 0 Å². The topological polar surface area (TPSA) is 0 Å². The van der Waals surface area contributed by atoms with E-state index < -0.39 is 0 Å². The average Bonchev–Trinajstić information content (AvgIpc) is 3.86. The van der Waals surface area contributed by atoms with Crippen molar-refractivity contribution in [2.45, 2.75) is 76.0 Å². The molecule has 2 aliphatic rings. The largest absolute Gasteiger partial charge is 0.0642 e. The van der Waals surface area contributed by atoms with Crippen LogP contribution in [0.3, 0.4) is 0 Å². The quantitative estimate of drug-likeness (QED) is 0.0753. The minimum atomic E-state index is -0.0357. The molecule has 0 heterocycles. The molecule has 0 aliphatic heterocycles. The number of fused-ring (bicyclic) bond motifs is 6. The van der Waals surface area contributed by atoms with Gasteiger partial charge in [-0.2, -0.15) is 0 Å². The maximum absolute atomic E-state index is 2.54. The third-order valence-electron chi connectivity index (χ3n) is 16.3. The fourth-order valence-corrected chi connectivity index (χ4v) is 12.5. The molecule has 0 fully saturated rings. The summed E-state index contributed by atoms with van der Waals surface area (Å²) in [6, 6.07) is 81.8. The van der Waals surface area contributed by atoms with Crippen LogP contribution in [0.4, 0.5) is 0 Å². The lowest BCUT2D eigenvalue weighted by molar-refractivity contribution is 0.490. The van der Waals surface area contributed by atoms with Crippen LogP contribution in [0.2, 0.25) is 0 Å². The van der Waals surface area contributed by atoms with E-state index in [4.69, 9.17) is 0 Å². The monoisotopic (exact) mass is 902 g/mol. The molecule has 2 aliphatic carbocycles. The Bertz CT molecular complexity index is 3020. The number of benzene rings is 9. The van der Waals surface area contributed by atoms with E-state index >= 15 is 0 Å². The Morgan fingerprint density at radius 3 is 0.829 bits per heavy atom. The molecule has 11 rings (SSSR count). The Morgan fingerprint density at radius 2 is 0.529 bits per heavy atom. The van der Waals surface area contributed by atoms with Gasteiger partial charge >= 0.3 is 0 Å². The van der Waals surface area contributed by atoms with Crippen molar-refractivity contribution in [1.82, 2.24) is 0 Å². The van der Waals surface area contributed by atoms with Crippen LogP contribution >= 0.6 is 0 Å². The third kappa shape index (κ3) is 7.90. The van der Waals surface area contributed by atoms with Gasteiger partial charge in [-0.1, -0.05) is 270 Å². The van der Waals surface area contributed by atoms with Crippen LogP contribution in [0.5, 0.6) is 0 Å². The Labute approximate surface area is 416 Å². The summed E-state index contributed by atoms with van der Waals surface area (Å²) in [5.74, 6) is 0.356. The Balaban J connectivity index is 0.827. The van der Waals surface area contributed by atoms with Gasteiger partial charge in [0.2, 0.25) is 0 Å². The fourth-order valence-electron chi connectivity index (χ4n) is 12.5. The second kappa shape index (κ2) is 19.1. The summed E-state index contributed by atoms with van der Waals surface area (Å²) in [4.78, 5) is 0. The molecule has 0 spiro atoms. The lowest BCUT2D eigenvalue weighted by Crippen LogP contribution is -2.23. The highest BCUT2D eigenvalue weighted by atomic mass is 14.5. The lowest BCUT2D eigenvalue weighted by atomic mass is 9.72. The van der Waals surface area contributed by atoms with Gasteiger partial charge in [-0.25, -0.2) is 0 Å². The van der Waals surface area contributed by atoms with E-state index in [0.717, 1.165) is 25.7 Å². The minimum absolute atomic E-state index is 0.0357. The first-order chi connectivity index (χ1) is 34.5. The van der Waals surface area contributed by atoms with Crippen molar-refractivity contribution in [3.63, 3.8) is 0 Å². The van der Waals surface area contributed by atoms with Gasteiger partial charge in [0.25, 0.3) is 0 Å². The first kappa shape index (κ1) is 44.9. The Morgan fingerprint density at radius 1 is 0.271 bits per heavy atom. The molecule has 0 unspecified atom stereocenters. The molecule has 0 radical (unpaired) electrons. The maximum Gasteiger partial charge on any atom is 0.0340 e. The summed E-state index contributed by atoms with van der Waals surface area (Å²) < 4.78 is 0. The van der Waals surface area contributed by atoms with E-state index in [0.29, 0.717) is 0 Å². The van der Waals surface area contributed by atoms with Gasteiger partial charge in [0.05, 0.1) is 0 Å². The summed E-state index contributed by atoms with van der Waals surface area (Å²) in [7, 11) is 0. The van der Waals surface area contributed by atoms with Crippen molar-refractivity contribution < 1.29 is 0 Å². The molecule has 342 valence electrons. The highest BCUT2D eigenvalue weighted by molar-refractivity contribution is 5.85. The average molecular weight is 903 g/mol. The lowest BCUT2D eigenvalue weighted by Gasteiger charge is -2.31. The van der Waals surface area contributed by atoms with Crippen LogP contribution in [-0.4, -0.2) is 0 Å². The van der Waals surface area contributed by atoms with Crippen LogP contribution in [0.25, 0.3) is 46.6 Å². The Hall–Kier alpha value is -7.54. The smallest absolute Gasteiger partial charge is 0.0340 e. The van der Waals surface area contributed by atoms with Gasteiger partial charge in [0.15, 0.2) is 0 Å². The molecule has 0 atom stereocenters. The third-order valence-corrected chi connectivity index (χ3v) is 16.3. The first-order valence-corrected chi connectivity index (χ1v) is 25.7. The number of hydrogen-bond donors (Lipinski definition) is 0. The second-order valence-electron chi connectivity index (χ2n) is 19.6. The van der Waals surface area contributed by atoms with Crippen LogP contribution in [0.1, 0.15) is 143 Å². The van der Waals surface area contributed by atoms with E-state index in [1.54, 1.807) is 0 Å². The molecule has 0 aromatic heterocycles. The van der Waals surface area contributed by atoms with Gasteiger partial charge < -0.3 is 0 Å². The van der Waals surface area contributed by atoms with E-state index in [-0.39, 0.29) is 22.7 Å². The Kier molecular flexibility index (Phi) is 12.3. The molecule has 9 aromatic carbocycles. The summed E-state index contributed by atoms with van der Waals surface area (Å²) in [5, 5.41) is 0. The number of rotatable bonds is 14. The fraction of sp³-hybridized carbons (Fsp3) is 0.171. The molecule has 0 heteroatoms. The summed E-state index contributed by atoms with van der Waals surface area (Å²) in [6.45, 7) is 9.48. The maximum atomic E-state index is 2.54. The molecule has 0 saturated heterocycles. The standard InChI is InChI=1S/C70H62/c1-5-69(6-2)63-45-51(37-41-59(63)61-43-39-57(47-65(61)69)67(53-21-13-9-14-22-53)54-23-15-10-16-24-54)35-33-49-29-31-50(32-30-49)34-36-52-38-42-60-62-44-40-58(48-66(62)70(7-3,8-4)64(60)46-52)68(55-25-17-11-18-26-55)56-27-19-12-20-28-56/h9-48,67-68H,5-8H2,1-4H3/b35-33+,36-34+. The van der Waals surface area contributed by atoms with Crippen LogP contribution in [-0.2, 0) is 10.8 Å². The SMILES string of the molecule is CCC1(CC)c2cc(/C=C/c3ccc(/C=C/c4ccc5c(c4)C(CC)(CC)c4cc(C(c6ccccc6)c6ccccc6)ccc4-5)cc3)ccc2-c2ccc(C(c3ccccc3)c3ccccc3)cc21. The highest BCUT2D eigenvalue weighted by Crippen LogP contribution is 2.55. The molecule has 0 bridgehead atoms. The van der Waals surface area contributed by atoms with E-state index in [1.165, 1.54) is 100 Å². The molecule has 0 nitrogen and oxygen atoms in total. The van der Waals surface area contributed by atoms with Gasteiger partial charge in [-0.05, 0) is 126 Å². The summed E-state index contributed by atoms with van der Waals surface area (Å²) in [5.41, 5.74) is 24.2. The van der Waals surface area contributed by atoms with Gasteiger partial charge in [-0.3, -0.25) is 0 Å². The summed E-state index contributed by atoms with van der Waals surface area (Å²) >= 11 is 0. The van der Waals surface area contributed by atoms with Crippen LogP contribution < -0.4 is 0 Å². The zero-order valence-electron chi connectivity index (χ0n) is 41.1. The van der Waals surface area contributed by atoms with Crippen molar-refractivity contribution in [2.24, 2.45) is 0 Å². The molecule has 0 amide bonds. The predicted octanol–water partition coefficient (Wildman–Crippen LogP) is 18.6. The first-order valence-electron chi connectivity index (χ1n) is 25.7. The van der Waals surface area contributed by atoms with Gasteiger partial charge in [0.1, 0.15) is 0 Å². The number of hydrogen-bond acceptors (Lipinski definition) is 0. The second-order valence-corrected chi connectivity index (χ2v) is 19.6. The van der Waals surface area contributed by atoms with Crippen molar-refractivity contribution in [3.8, 4) is 22.3 Å². The normalized spacial score (nSPS) is 14.0. The summed E-state index contributed by atoms with van der Waals surface area (Å²) in [6.07, 6.45) is 13.3. The van der Waals surface area contributed by atoms with Crippen LogP contribution in [0.15, 0.2) is 218 Å². The van der Waals surface area contributed by atoms with Crippen molar-refractivity contribution >= 4 is 24.3 Å². The van der Waals surface area contributed by atoms with Crippen molar-refractivity contribution in [2.75, 3.05) is 0 Å².